The van der Waals surface area contributed by atoms with Gasteiger partial charge in [0.25, 0.3) is 0 Å². The van der Waals surface area contributed by atoms with Crippen LogP contribution in [0, 0.1) is 9.49 Å². The Bertz CT molecular complexity index is 398. The standard InChI is InChI=1S/C12H16BrIN2O/c1-2-3-8(7-15)12(17)16-11-6-9(13)4-5-10(11)14/h4-6,8H,2-3,7,15H2,1H3,(H,16,17). The molecule has 0 heterocycles. The van der Waals surface area contributed by atoms with Crippen LogP contribution in [0.15, 0.2) is 22.7 Å². The van der Waals surface area contributed by atoms with Crippen molar-refractivity contribution < 1.29 is 4.79 Å². The van der Waals surface area contributed by atoms with Gasteiger partial charge in [0, 0.05) is 14.6 Å². The van der Waals surface area contributed by atoms with Crippen molar-refractivity contribution in [3.63, 3.8) is 0 Å². The molecule has 1 amide bonds. The van der Waals surface area contributed by atoms with E-state index in [1.165, 1.54) is 0 Å². The summed E-state index contributed by atoms with van der Waals surface area (Å²) in [6.45, 7) is 2.45. The van der Waals surface area contributed by atoms with Crippen LogP contribution < -0.4 is 11.1 Å². The van der Waals surface area contributed by atoms with Crippen LogP contribution in [0.1, 0.15) is 19.8 Å². The maximum absolute atomic E-state index is 12.0. The van der Waals surface area contributed by atoms with Crippen LogP contribution in [-0.2, 0) is 4.79 Å². The number of anilines is 1. The van der Waals surface area contributed by atoms with Gasteiger partial charge in [0.1, 0.15) is 0 Å². The Morgan fingerprint density at radius 1 is 1.59 bits per heavy atom. The second-order valence-electron chi connectivity index (χ2n) is 3.83. The molecule has 17 heavy (non-hydrogen) atoms. The zero-order chi connectivity index (χ0) is 12.8. The van der Waals surface area contributed by atoms with Gasteiger partial charge in [-0.3, -0.25) is 4.79 Å². The second-order valence-corrected chi connectivity index (χ2v) is 5.91. The van der Waals surface area contributed by atoms with Gasteiger partial charge in [0.15, 0.2) is 0 Å². The van der Waals surface area contributed by atoms with Gasteiger partial charge in [-0.1, -0.05) is 29.3 Å². The maximum atomic E-state index is 12.0. The maximum Gasteiger partial charge on any atom is 0.228 e. The van der Waals surface area contributed by atoms with E-state index in [0.29, 0.717) is 6.54 Å². The molecule has 1 aromatic carbocycles. The van der Waals surface area contributed by atoms with Gasteiger partial charge >= 0.3 is 0 Å². The van der Waals surface area contributed by atoms with Gasteiger partial charge in [-0.05, 0) is 47.2 Å². The van der Waals surface area contributed by atoms with Gasteiger partial charge in [-0.2, -0.15) is 0 Å². The van der Waals surface area contributed by atoms with Crippen LogP contribution in [0.4, 0.5) is 5.69 Å². The van der Waals surface area contributed by atoms with Crippen molar-refractivity contribution in [2.24, 2.45) is 11.7 Å². The van der Waals surface area contributed by atoms with E-state index in [2.05, 4.69) is 50.8 Å². The molecule has 0 fully saturated rings. The molecule has 0 saturated heterocycles. The van der Waals surface area contributed by atoms with Gasteiger partial charge in [0.05, 0.1) is 11.6 Å². The number of amides is 1. The number of nitrogens with two attached hydrogens (primary N) is 1. The number of carbonyl (C=O) groups excluding carboxylic acids is 1. The Labute approximate surface area is 124 Å². The zero-order valence-corrected chi connectivity index (χ0v) is 13.4. The van der Waals surface area contributed by atoms with Crippen LogP contribution in [0.25, 0.3) is 0 Å². The lowest BCUT2D eigenvalue weighted by atomic mass is 10.0. The third-order valence-electron chi connectivity index (χ3n) is 2.48. The van der Waals surface area contributed by atoms with Crippen molar-refractivity contribution in [2.75, 3.05) is 11.9 Å². The smallest absolute Gasteiger partial charge is 0.228 e. The van der Waals surface area contributed by atoms with E-state index in [9.17, 15) is 4.79 Å². The Balaban J connectivity index is 2.76. The van der Waals surface area contributed by atoms with E-state index in [1.807, 2.05) is 18.2 Å². The van der Waals surface area contributed by atoms with Crippen LogP contribution in [-0.4, -0.2) is 12.5 Å². The molecule has 0 spiro atoms. The van der Waals surface area contributed by atoms with Crippen molar-refractivity contribution in [3.05, 3.63) is 26.2 Å². The van der Waals surface area contributed by atoms with Crippen LogP contribution in [0.5, 0.6) is 0 Å². The molecule has 0 aromatic heterocycles. The first-order valence-electron chi connectivity index (χ1n) is 5.54. The fraction of sp³-hybridized carbons (Fsp3) is 0.417. The molecule has 1 unspecified atom stereocenters. The summed E-state index contributed by atoms with van der Waals surface area (Å²) in [5.41, 5.74) is 6.44. The summed E-state index contributed by atoms with van der Waals surface area (Å²) in [5, 5.41) is 2.93. The summed E-state index contributed by atoms with van der Waals surface area (Å²) in [4.78, 5) is 12.0. The summed E-state index contributed by atoms with van der Waals surface area (Å²) in [6.07, 6.45) is 1.79. The van der Waals surface area contributed by atoms with E-state index >= 15 is 0 Å². The number of hydrogen-bond acceptors (Lipinski definition) is 2. The lowest BCUT2D eigenvalue weighted by Crippen LogP contribution is -2.29. The number of benzene rings is 1. The van der Waals surface area contributed by atoms with E-state index in [1.54, 1.807) is 0 Å². The van der Waals surface area contributed by atoms with E-state index in [4.69, 9.17) is 5.73 Å². The predicted octanol–water partition coefficient (Wildman–Crippen LogP) is 3.37. The zero-order valence-electron chi connectivity index (χ0n) is 9.67. The van der Waals surface area contributed by atoms with Gasteiger partial charge in [-0.25, -0.2) is 0 Å². The lowest BCUT2D eigenvalue weighted by molar-refractivity contribution is -0.119. The van der Waals surface area contributed by atoms with Crippen molar-refractivity contribution >= 4 is 50.1 Å². The monoisotopic (exact) mass is 410 g/mol. The molecule has 0 saturated carbocycles. The highest BCUT2D eigenvalue weighted by Crippen LogP contribution is 2.23. The Hall–Kier alpha value is -0.140. The van der Waals surface area contributed by atoms with Crippen molar-refractivity contribution in [1.82, 2.24) is 0 Å². The number of rotatable bonds is 5. The average molecular weight is 411 g/mol. The SMILES string of the molecule is CCCC(CN)C(=O)Nc1cc(Br)ccc1I. The van der Waals surface area contributed by atoms with Gasteiger partial charge in [0.2, 0.25) is 5.91 Å². The molecule has 1 aromatic rings. The van der Waals surface area contributed by atoms with Gasteiger partial charge < -0.3 is 11.1 Å². The second kappa shape index (κ2) is 7.33. The van der Waals surface area contributed by atoms with Crippen LogP contribution in [0.2, 0.25) is 0 Å². The number of hydrogen-bond donors (Lipinski definition) is 2. The molecule has 0 aliphatic heterocycles. The summed E-state index contributed by atoms with van der Waals surface area (Å²) in [7, 11) is 0. The largest absolute Gasteiger partial charge is 0.330 e. The highest BCUT2D eigenvalue weighted by molar-refractivity contribution is 14.1. The highest BCUT2D eigenvalue weighted by atomic mass is 127. The normalized spacial score (nSPS) is 12.2. The molecule has 5 heteroatoms. The van der Waals surface area contributed by atoms with Crippen LogP contribution >= 0.6 is 38.5 Å². The molecule has 3 nitrogen and oxygen atoms in total. The lowest BCUT2D eigenvalue weighted by Gasteiger charge is -2.15. The van der Waals surface area contributed by atoms with Gasteiger partial charge in [-0.15, -0.1) is 0 Å². The minimum atomic E-state index is -0.102. The molecule has 3 N–H and O–H groups in total. The molecule has 0 aliphatic rings. The highest BCUT2D eigenvalue weighted by Gasteiger charge is 2.16. The first-order valence-corrected chi connectivity index (χ1v) is 7.41. The molecular weight excluding hydrogens is 395 g/mol. The third-order valence-corrected chi connectivity index (χ3v) is 3.91. The predicted molar refractivity (Wildman–Crippen MR) is 82.9 cm³/mol. The Kier molecular flexibility index (Phi) is 6.43. The minimum absolute atomic E-state index is 0.00497. The van der Waals surface area contributed by atoms with Crippen molar-refractivity contribution in [1.29, 1.82) is 0 Å². The molecule has 1 atom stereocenters. The van der Waals surface area contributed by atoms with Crippen molar-refractivity contribution in [3.8, 4) is 0 Å². The first-order chi connectivity index (χ1) is 8.08. The molecular formula is C12H16BrIN2O. The fourth-order valence-electron chi connectivity index (χ4n) is 1.53. The Morgan fingerprint density at radius 2 is 2.29 bits per heavy atom. The van der Waals surface area contributed by atoms with E-state index < -0.39 is 0 Å². The summed E-state index contributed by atoms with van der Waals surface area (Å²) >= 11 is 5.59. The first kappa shape index (κ1) is 14.9. The number of carbonyl (C=O) groups is 1. The van der Waals surface area contributed by atoms with E-state index in [0.717, 1.165) is 26.6 Å². The molecule has 1 rings (SSSR count). The average Bonchev–Trinajstić information content (AvgIpc) is 2.30. The topological polar surface area (TPSA) is 55.1 Å². The molecule has 0 bridgehead atoms. The quantitative estimate of drug-likeness (QED) is 0.731. The summed E-state index contributed by atoms with van der Waals surface area (Å²) in [6, 6.07) is 5.81. The van der Waals surface area contributed by atoms with Crippen LogP contribution in [0.3, 0.4) is 0 Å². The van der Waals surface area contributed by atoms with E-state index in [-0.39, 0.29) is 11.8 Å². The fourth-order valence-corrected chi connectivity index (χ4v) is 2.36. The Morgan fingerprint density at radius 3 is 2.88 bits per heavy atom. The summed E-state index contributed by atoms with van der Waals surface area (Å²) in [5.74, 6) is -0.0971. The molecule has 0 aliphatic carbocycles. The van der Waals surface area contributed by atoms with Crippen molar-refractivity contribution in [2.45, 2.75) is 19.8 Å². The number of nitrogens with one attached hydrogen (secondary N) is 1. The minimum Gasteiger partial charge on any atom is -0.330 e. The number of halogens is 2. The molecule has 0 radical (unpaired) electrons. The summed E-state index contributed by atoms with van der Waals surface area (Å²) < 4.78 is 1.97. The molecule has 94 valence electrons. The third kappa shape index (κ3) is 4.56.